The molecule has 1 atom stereocenters. The number of para-hydroxylation sites is 1. The predicted octanol–water partition coefficient (Wildman–Crippen LogP) is 3.70. The number of benzene rings is 1. The van der Waals surface area contributed by atoms with Crippen LogP contribution in [0.3, 0.4) is 0 Å². The molecule has 4 nitrogen and oxygen atoms in total. The molecule has 1 aromatic carbocycles. The van der Waals surface area contributed by atoms with Crippen molar-refractivity contribution in [1.82, 2.24) is 10.5 Å². The highest BCUT2D eigenvalue weighted by molar-refractivity contribution is 5.36. The minimum absolute atomic E-state index is 0.320. The van der Waals surface area contributed by atoms with E-state index in [1.165, 1.54) is 5.56 Å². The van der Waals surface area contributed by atoms with Crippen LogP contribution in [0.5, 0.6) is 5.75 Å². The zero-order valence-electron chi connectivity index (χ0n) is 12.1. The fraction of sp³-hybridized carbons (Fsp3) is 0.438. The fourth-order valence-electron chi connectivity index (χ4n) is 2.16. The van der Waals surface area contributed by atoms with Crippen molar-refractivity contribution in [2.24, 2.45) is 0 Å². The van der Waals surface area contributed by atoms with Crippen LogP contribution in [0.4, 0.5) is 0 Å². The fourth-order valence-corrected chi connectivity index (χ4v) is 2.16. The number of nitrogens with zero attached hydrogens (tertiary/aromatic N) is 1. The van der Waals surface area contributed by atoms with Gasteiger partial charge in [0.2, 0.25) is 0 Å². The Balaban J connectivity index is 2.07. The predicted molar refractivity (Wildman–Crippen MR) is 78.6 cm³/mol. The summed E-state index contributed by atoms with van der Waals surface area (Å²) in [5.41, 5.74) is 1.20. The maximum Gasteiger partial charge on any atom is 0.174 e. The Morgan fingerprint density at radius 3 is 2.80 bits per heavy atom. The minimum atomic E-state index is 0.320. The SMILES string of the molecule is CCCNC(CC)c1ccccc1OCc1ccno1. The van der Waals surface area contributed by atoms with Crippen molar-refractivity contribution in [3.63, 3.8) is 0 Å². The molecular weight excluding hydrogens is 252 g/mol. The van der Waals surface area contributed by atoms with E-state index in [0.717, 1.165) is 30.9 Å². The maximum atomic E-state index is 5.87. The van der Waals surface area contributed by atoms with Gasteiger partial charge in [-0.25, -0.2) is 0 Å². The number of hydrogen-bond acceptors (Lipinski definition) is 4. The molecule has 0 saturated heterocycles. The van der Waals surface area contributed by atoms with E-state index in [1.807, 2.05) is 24.3 Å². The van der Waals surface area contributed by atoms with E-state index >= 15 is 0 Å². The van der Waals surface area contributed by atoms with Crippen LogP contribution in [-0.4, -0.2) is 11.7 Å². The van der Waals surface area contributed by atoms with E-state index in [-0.39, 0.29) is 0 Å². The van der Waals surface area contributed by atoms with Gasteiger partial charge in [0.25, 0.3) is 0 Å². The molecule has 108 valence electrons. The first-order valence-electron chi connectivity index (χ1n) is 7.19. The van der Waals surface area contributed by atoms with Gasteiger partial charge in [-0.05, 0) is 25.5 Å². The normalized spacial score (nSPS) is 12.3. The number of nitrogens with one attached hydrogen (secondary N) is 1. The molecule has 2 rings (SSSR count). The average molecular weight is 274 g/mol. The van der Waals surface area contributed by atoms with E-state index in [4.69, 9.17) is 9.26 Å². The lowest BCUT2D eigenvalue weighted by Crippen LogP contribution is -2.22. The van der Waals surface area contributed by atoms with Crippen LogP contribution in [-0.2, 0) is 6.61 Å². The van der Waals surface area contributed by atoms with Gasteiger partial charge in [-0.3, -0.25) is 0 Å². The van der Waals surface area contributed by atoms with Crippen molar-refractivity contribution in [2.45, 2.75) is 39.3 Å². The molecule has 0 spiro atoms. The molecule has 0 aliphatic heterocycles. The van der Waals surface area contributed by atoms with Crippen LogP contribution in [0.2, 0.25) is 0 Å². The van der Waals surface area contributed by atoms with Gasteiger partial charge < -0.3 is 14.6 Å². The van der Waals surface area contributed by atoms with Crippen LogP contribution in [0.25, 0.3) is 0 Å². The van der Waals surface area contributed by atoms with Crippen LogP contribution in [0.15, 0.2) is 41.1 Å². The summed E-state index contributed by atoms with van der Waals surface area (Å²) in [7, 11) is 0. The summed E-state index contributed by atoms with van der Waals surface area (Å²) < 4.78 is 10.9. The largest absolute Gasteiger partial charge is 0.485 e. The summed E-state index contributed by atoms with van der Waals surface area (Å²) in [5.74, 6) is 1.63. The van der Waals surface area contributed by atoms with Gasteiger partial charge in [-0.2, -0.15) is 0 Å². The first-order chi connectivity index (χ1) is 9.85. The Morgan fingerprint density at radius 2 is 2.10 bits per heavy atom. The maximum absolute atomic E-state index is 5.87. The van der Waals surface area contributed by atoms with Crippen molar-refractivity contribution in [3.8, 4) is 5.75 Å². The third kappa shape index (κ3) is 3.84. The lowest BCUT2D eigenvalue weighted by atomic mass is 10.0. The molecule has 1 heterocycles. The molecule has 0 bridgehead atoms. The highest BCUT2D eigenvalue weighted by Gasteiger charge is 2.13. The Labute approximate surface area is 120 Å². The van der Waals surface area contributed by atoms with E-state index in [1.54, 1.807) is 6.20 Å². The van der Waals surface area contributed by atoms with Gasteiger partial charge in [0.15, 0.2) is 5.76 Å². The molecule has 20 heavy (non-hydrogen) atoms. The third-order valence-electron chi connectivity index (χ3n) is 3.20. The molecule has 0 radical (unpaired) electrons. The standard InChI is InChI=1S/C16H22N2O2/c1-3-10-17-15(4-2)14-7-5-6-8-16(14)19-12-13-9-11-18-20-13/h5-9,11,15,17H,3-4,10,12H2,1-2H3. The Bertz CT molecular complexity index is 497. The lowest BCUT2D eigenvalue weighted by Gasteiger charge is -2.20. The monoisotopic (exact) mass is 274 g/mol. The highest BCUT2D eigenvalue weighted by Crippen LogP contribution is 2.27. The summed E-state index contributed by atoms with van der Waals surface area (Å²) in [4.78, 5) is 0. The molecule has 1 unspecified atom stereocenters. The number of hydrogen-bond donors (Lipinski definition) is 1. The Morgan fingerprint density at radius 1 is 1.25 bits per heavy atom. The zero-order valence-corrected chi connectivity index (χ0v) is 12.1. The van der Waals surface area contributed by atoms with E-state index < -0.39 is 0 Å². The van der Waals surface area contributed by atoms with E-state index in [9.17, 15) is 0 Å². The summed E-state index contributed by atoms with van der Waals surface area (Å²) in [6, 6.07) is 10.3. The van der Waals surface area contributed by atoms with Crippen LogP contribution in [0.1, 0.15) is 44.1 Å². The number of aromatic nitrogens is 1. The van der Waals surface area contributed by atoms with Crippen molar-refractivity contribution in [1.29, 1.82) is 0 Å². The minimum Gasteiger partial charge on any atom is -0.485 e. The number of ether oxygens (including phenoxy) is 1. The second-order valence-electron chi connectivity index (χ2n) is 4.72. The summed E-state index contributed by atoms with van der Waals surface area (Å²) >= 11 is 0. The van der Waals surface area contributed by atoms with Crippen molar-refractivity contribution < 1.29 is 9.26 Å². The zero-order chi connectivity index (χ0) is 14.2. The summed E-state index contributed by atoms with van der Waals surface area (Å²) in [5, 5.41) is 7.23. The van der Waals surface area contributed by atoms with Crippen molar-refractivity contribution in [2.75, 3.05) is 6.54 Å². The van der Waals surface area contributed by atoms with Gasteiger partial charge in [-0.15, -0.1) is 0 Å². The molecule has 1 N–H and O–H groups in total. The summed E-state index contributed by atoms with van der Waals surface area (Å²) in [6.07, 6.45) is 3.78. The molecule has 2 aromatic rings. The van der Waals surface area contributed by atoms with E-state index in [0.29, 0.717) is 12.6 Å². The van der Waals surface area contributed by atoms with E-state index in [2.05, 4.69) is 30.4 Å². The van der Waals surface area contributed by atoms with Gasteiger partial charge in [0, 0.05) is 17.7 Å². The third-order valence-corrected chi connectivity index (χ3v) is 3.20. The van der Waals surface area contributed by atoms with Gasteiger partial charge >= 0.3 is 0 Å². The van der Waals surface area contributed by atoms with Gasteiger partial charge in [-0.1, -0.05) is 37.2 Å². The molecule has 1 aromatic heterocycles. The topological polar surface area (TPSA) is 47.3 Å². The second kappa shape index (κ2) is 7.70. The first kappa shape index (κ1) is 14.6. The van der Waals surface area contributed by atoms with Gasteiger partial charge in [0.1, 0.15) is 12.4 Å². The average Bonchev–Trinajstić information content (AvgIpc) is 3.00. The quantitative estimate of drug-likeness (QED) is 0.797. The molecular formula is C16H22N2O2. The molecule has 0 fully saturated rings. The molecule has 0 saturated carbocycles. The second-order valence-corrected chi connectivity index (χ2v) is 4.72. The lowest BCUT2D eigenvalue weighted by molar-refractivity contribution is 0.245. The van der Waals surface area contributed by atoms with Crippen molar-refractivity contribution >= 4 is 0 Å². The Kier molecular flexibility index (Phi) is 5.62. The van der Waals surface area contributed by atoms with Crippen molar-refractivity contribution in [3.05, 3.63) is 47.9 Å². The molecule has 0 aliphatic rings. The van der Waals surface area contributed by atoms with Crippen LogP contribution in [0, 0.1) is 0 Å². The smallest absolute Gasteiger partial charge is 0.174 e. The summed E-state index contributed by atoms with van der Waals surface area (Å²) in [6.45, 7) is 5.77. The molecule has 0 aliphatic carbocycles. The molecule has 4 heteroatoms. The number of rotatable bonds is 8. The highest BCUT2D eigenvalue weighted by atomic mass is 16.5. The van der Waals surface area contributed by atoms with Crippen LogP contribution < -0.4 is 10.1 Å². The molecule has 0 amide bonds. The first-order valence-corrected chi connectivity index (χ1v) is 7.19. The van der Waals surface area contributed by atoms with Crippen LogP contribution >= 0.6 is 0 Å². The Hall–Kier alpha value is -1.81. The van der Waals surface area contributed by atoms with Gasteiger partial charge in [0.05, 0.1) is 6.20 Å².